The van der Waals surface area contributed by atoms with E-state index in [-0.39, 0.29) is 5.56 Å². The molecule has 19 heavy (non-hydrogen) atoms. The Labute approximate surface area is 108 Å². The molecule has 0 bridgehead atoms. The van der Waals surface area contributed by atoms with Crippen molar-refractivity contribution in [1.82, 2.24) is 20.6 Å². The summed E-state index contributed by atoms with van der Waals surface area (Å²) in [5.41, 5.74) is 4.15. The highest BCUT2D eigenvalue weighted by Gasteiger charge is 2.12. The molecule has 0 saturated carbocycles. The Morgan fingerprint density at radius 2 is 1.89 bits per heavy atom. The molecular formula is C12H13N5O2. The van der Waals surface area contributed by atoms with Crippen molar-refractivity contribution in [3.05, 3.63) is 45.5 Å². The molecule has 7 nitrogen and oxygen atoms in total. The van der Waals surface area contributed by atoms with Gasteiger partial charge in [0.2, 0.25) is 0 Å². The Balaban J connectivity index is 2.57. The first-order chi connectivity index (χ1) is 9.01. The molecular weight excluding hydrogens is 246 g/mol. The second-order valence-corrected chi connectivity index (χ2v) is 4.11. The zero-order valence-corrected chi connectivity index (χ0v) is 10.5. The minimum Gasteiger partial charge on any atom is -0.290 e. The normalized spacial score (nSPS) is 10.3. The van der Waals surface area contributed by atoms with Gasteiger partial charge >= 0.3 is 0 Å². The number of aromatic nitrogens is 3. The third kappa shape index (κ3) is 2.66. The van der Waals surface area contributed by atoms with E-state index >= 15 is 0 Å². The van der Waals surface area contributed by atoms with E-state index in [0.29, 0.717) is 5.69 Å². The predicted molar refractivity (Wildman–Crippen MR) is 69.2 cm³/mol. The number of rotatable bonds is 2. The summed E-state index contributed by atoms with van der Waals surface area (Å²) in [6.45, 7) is 3.71. The average molecular weight is 259 g/mol. The van der Waals surface area contributed by atoms with Crippen molar-refractivity contribution in [1.29, 1.82) is 0 Å². The predicted octanol–water partition coefficient (Wildman–Crippen LogP) is 0.0522. The van der Waals surface area contributed by atoms with Gasteiger partial charge in [-0.3, -0.25) is 20.0 Å². The van der Waals surface area contributed by atoms with Crippen LogP contribution in [-0.2, 0) is 0 Å². The van der Waals surface area contributed by atoms with Gasteiger partial charge in [0, 0.05) is 17.0 Å². The molecule has 0 fully saturated rings. The number of amides is 1. The molecule has 2 aromatic heterocycles. The molecule has 0 unspecified atom stereocenters. The molecule has 1 amide bonds. The monoisotopic (exact) mass is 259 g/mol. The van der Waals surface area contributed by atoms with Crippen LogP contribution in [0.1, 0.15) is 21.7 Å². The molecule has 4 N–H and O–H groups in total. The summed E-state index contributed by atoms with van der Waals surface area (Å²) in [5, 5.41) is 6.20. The topological polar surface area (TPSA) is 114 Å². The van der Waals surface area contributed by atoms with Crippen LogP contribution in [0.3, 0.4) is 0 Å². The summed E-state index contributed by atoms with van der Waals surface area (Å²) in [7, 11) is 0. The van der Waals surface area contributed by atoms with Crippen LogP contribution in [-0.4, -0.2) is 21.1 Å². The first kappa shape index (κ1) is 12.9. The molecule has 0 radical (unpaired) electrons. The zero-order valence-electron chi connectivity index (χ0n) is 10.5. The number of H-pyrrole nitrogens is 1. The van der Waals surface area contributed by atoms with Crippen molar-refractivity contribution >= 4 is 5.91 Å². The standard InChI is InChI=1S/C12H13N5O2/c1-6-3-8(4-7(2)14-6)10-5-9(11(18)15-13)12(19)17-16-10/h3-5H,13H2,1-2H3,(H,15,18)(H,17,19). The van der Waals surface area contributed by atoms with Crippen molar-refractivity contribution in [2.75, 3.05) is 0 Å². The van der Waals surface area contributed by atoms with E-state index < -0.39 is 11.5 Å². The molecule has 0 aromatic carbocycles. The van der Waals surface area contributed by atoms with Crippen LogP contribution < -0.4 is 16.8 Å². The number of hydrogen-bond donors (Lipinski definition) is 3. The first-order valence-electron chi connectivity index (χ1n) is 5.57. The average Bonchev–Trinajstić information content (AvgIpc) is 2.37. The third-order valence-electron chi connectivity index (χ3n) is 2.56. The van der Waals surface area contributed by atoms with Gasteiger partial charge in [0.25, 0.3) is 11.5 Å². The number of carbonyl (C=O) groups excluding carboxylic acids is 1. The first-order valence-corrected chi connectivity index (χ1v) is 5.57. The van der Waals surface area contributed by atoms with E-state index in [1.165, 1.54) is 6.07 Å². The van der Waals surface area contributed by atoms with Gasteiger partial charge < -0.3 is 0 Å². The highest BCUT2D eigenvalue weighted by molar-refractivity contribution is 5.94. The Bertz CT molecular complexity index is 673. The van der Waals surface area contributed by atoms with Gasteiger partial charge in [0.05, 0.1) is 5.69 Å². The molecule has 2 rings (SSSR count). The van der Waals surface area contributed by atoms with Gasteiger partial charge in [0.15, 0.2) is 0 Å². The van der Waals surface area contributed by atoms with Crippen LogP contribution in [0.15, 0.2) is 23.0 Å². The van der Waals surface area contributed by atoms with E-state index in [1.807, 2.05) is 31.4 Å². The Morgan fingerprint density at radius 3 is 2.47 bits per heavy atom. The van der Waals surface area contributed by atoms with Gasteiger partial charge in [-0.2, -0.15) is 5.10 Å². The van der Waals surface area contributed by atoms with Crippen LogP contribution in [0.4, 0.5) is 0 Å². The summed E-state index contributed by atoms with van der Waals surface area (Å²) < 4.78 is 0. The fourth-order valence-corrected chi connectivity index (χ4v) is 1.78. The Hall–Kier alpha value is -2.54. The molecule has 98 valence electrons. The lowest BCUT2D eigenvalue weighted by Gasteiger charge is -2.05. The number of nitrogens with two attached hydrogens (primary N) is 1. The summed E-state index contributed by atoms with van der Waals surface area (Å²) in [5.74, 6) is 4.37. The van der Waals surface area contributed by atoms with E-state index in [1.54, 1.807) is 0 Å². The molecule has 0 aliphatic heterocycles. The van der Waals surface area contributed by atoms with Crippen LogP contribution in [0.2, 0.25) is 0 Å². The largest absolute Gasteiger partial charge is 0.290 e. The molecule has 0 saturated heterocycles. The van der Waals surface area contributed by atoms with Gasteiger partial charge in [0.1, 0.15) is 5.56 Å². The molecule has 2 aromatic rings. The van der Waals surface area contributed by atoms with Crippen molar-refractivity contribution in [2.24, 2.45) is 5.84 Å². The Kier molecular flexibility index (Phi) is 3.39. The number of hydrogen-bond acceptors (Lipinski definition) is 5. The molecule has 0 aliphatic rings. The third-order valence-corrected chi connectivity index (χ3v) is 2.56. The summed E-state index contributed by atoms with van der Waals surface area (Å²) in [4.78, 5) is 27.2. The second kappa shape index (κ2) is 4.99. The summed E-state index contributed by atoms with van der Waals surface area (Å²) >= 11 is 0. The SMILES string of the molecule is Cc1cc(-c2cc(C(=O)NN)c(=O)[nH]n2)cc(C)n1. The van der Waals surface area contributed by atoms with E-state index in [0.717, 1.165) is 17.0 Å². The van der Waals surface area contributed by atoms with Crippen LogP contribution >= 0.6 is 0 Å². The maximum absolute atomic E-state index is 11.5. The fraction of sp³-hybridized carbons (Fsp3) is 0.167. The van der Waals surface area contributed by atoms with E-state index in [4.69, 9.17) is 5.84 Å². The minimum absolute atomic E-state index is 0.0837. The minimum atomic E-state index is -0.660. The molecule has 0 atom stereocenters. The number of aryl methyl sites for hydroxylation is 2. The van der Waals surface area contributed by atoms with Crippen molar-refractivity contribution in [3.63, 3.8) is 0 Å². The second-order valence-electron chi connectivity index (χ2n) is 4.11. The number of nitrogen functional groups attached to an aromatic ring is 1. The van der Waals surface area contributed by atoms with E-state index in [9.17, 15) is 9.59 Å². The Morgan fingerprint density at radius 1 is 1.26 bits per heavy atom. The lowest BCUT2D eigenvalue weighted by molar-refractivity contribution is 0.0952. The fourth-order valence-electron chi connectivity index (χ4n) is 1.78. The lowest BCUT2D eigenvalue weighted by atomic mass is 10.1. The molecule has 0 aliphatic carbocycles. The van der Waals surface area contributed by atoms with Crippen molar-refractivity contribution in [2.45, 2.75) is 13.8 Å². The summed E-state index contributed by atoms with van der Waals surface area (Å²) in [6, 6.07) is 5.03. The highest BCUT2D eigenvalue weighted by Crippen LogP contribution is 2.17. The highest BCUT2D eigenvalue weighted by atomic mass is 16.2. The number of nitrogens with one attached hydrogen (secondary N) is 2. The molecule has 0 spiro atoms. The summed E-state index contributed by atoms with van der Waals surface area (Å²) in [6.07, 6.45) is 0. The van der Waals surface area contributed by atoms with E-state index in [2.05, 4.69) is 15.2 Å². The quantitative estimate of drug-likeness (QED) is 0.400. The van der Waals surface area contributed by atoms with Crippen LogP contribution in [0.5, 0.6) is 0 Å². The smallest absolute Gasteiger partial charge is 0.277 e. The zero-order chi connectivity index (χ0) is 14.0. The van der Waals surface area contributed by atoms with Crippen LogP contribution in [0, 0.1) is 13.8 Å². The number of carbonyl (C=O) groups is 1. The van der Waals surface area contributed by atoms with Crippen molar-refractivity contribution in [3.8, 4) is 11.3 Å². The van der Waals surface area contributed by atoms with Gasteiger partial charge in [-0.05, 0) is 32.0 Å². The van der Waals surface area contributed by atoms with Crippen molar-refractivity contribution < 1.29 is 4.79 Å². The number of hydrazine groups is 1. The number of pyridine rings is 1. The van der Waals surface area contributed by atoms with Gasteiger partial charge in [-0.1, -0.05) is 0 Å². The maximum Gasteiger partial charge on any atom is 0.277 e. The van der Waals surface area contributed by atoms with Crippen LogP contribution in [0.25, 0.3) is 11.3 Å². The van der Waals surface area contributed by atoms with Gasteiger partial charge in [-0.15, -0.1) is 0 Å². The molecule has 7 heteroatoms. The van der Waals surface area contributed by atoms with Gasteiger partial charge in [-0.25, -0.2) is 10.9 Å². The molecule has 2 heterocycles. The lowest BCUT2D eigenvalue weighted by Crippen LogP contribution is -2.34. The number of nitrogens with zero attached hydrogens (tertiary/aromatic N) is 2. The number of aromatic amines is 1. The maximum atomic E-state index is 11.5.